The van der Waals surface area contributed by atoms with Crippen molar-refractivity contribution in [3.05, 3.63) is 0 Å². The highest BCUT2D eigenvalue weighted by molar-refractivity contribution is 5.69. The first kappa shape index (κ1) is 30.7. The van der Waals surface area contributed by atoms with Crippen molar-refractivity contribution in [2.75, 3.05) is 26.2 Å². The van der Waals surface area contributed by atoms with E-state index in [1.54, 1.807) is 0 Å². The van der Waals surface area contributed by atoms with Crippen molar-refractivity contribution in [3.8, 4) is 0 Å². The first-order valence-corrected chi connectivity index (χ1v) is 14.3. The molecule has 34 heavy (non-hydrogen) atoms. The van der Waals surface area contributed by atoms with Gasteiger partial charge < -0.3 is 19.1 Å². The molecule has 0 radical (unpaired) electrons. The van der Waals surface area contributed by atoms with Gasteiger partial charge in [-0.15, -0.1) is 0 Å². The summed E-state index contributed by atoms with van der Waals surface area (Å²) in [6, 6.07) is 0. The van der Waals surface area contributed by atoms with Gasteiger partial charge in [-0.05, 0) is 71.9 Å². The van der Waals surface area contributed by atoms with Gasteiger partial charge in [0.25, 0.3) is 0 Å². The van der Waals surface area contributed by atoms with Crippen LogP contribution >= 0.6 is 0 Å². The largest absolute Gasteiger partial charge is 0.508 e. The van der Waals surface area contributed by atoms with E-state index in [1.165, 1.54) is 64.2 Å². The summed E-state index contributed by atoms with van der Waals surface area (Å²) in [6.45, 7) is 9.66. The van der Waals surface area contributed by atoms with Crippen LogP contribution in [0, 0.1) is 0 Å². The van der Waals surface area contributed by atoms with Crippen LogP contribution in [0.15, 0.2) is 0 Å². The summed E-state index contributed by atoms with van der Waals surface area (Å²) in [5, 5.41) is 0. The van der Waals surface area contributed by atoms with Crippen LogP contribution in [0.2, 0.25) is 0 Å². The van der Waals surface area contributed by atoms with Crippen molar-refractivity contribution in [1.29, 1.82) is 0 Å². The number of nitrogens with zero attached hydrogens (tertiary/aromatic N) is 1. The van der Waals surface area contributed by atoms with E-state index in [9.17, 15) is 9.59 Å². The maximum absolute atomic E-state index is 12.2. The molecule has 1 rings (SSSR count). The van der Waals surface area contributed by atoms with Crippen molar-refractivity contribution in [2.24, 2.45) is 0 Å². The number of carbonyl (C=O) groups excluding carboxylic acids is 2. The molecule has 0 N–H and O–H groups in total. The van der Waals surface area contributed by atoms with Crippen LogP contribution < -0.4 is 0 Å². The Labute approximate surface area is 209 Å². The minimum Gasteiger partial charge on any atom is -0.463 e. The molecule has 1 atom stereocenters. The smallest absolute Gasteiger partial charge is 0.463 e. The van der Waals surface area contributed by atoms with Gasteiger partial charge in [-0.2, -0.15) is 0 Å². The van der Waals surface area contributed by atoms with Crippen LogP contribution in [0.3, 0.4) is 0 Å². The number of esters is 1. The average Bonchev–Trinajstić information content (AvgIpc) is 3.31. The molecule has 0 aromatic rings. The van der Waals surface area contributed by atoms with Gasteiger partial charge in [0.15, 0.2) is 0 Å². The number of ether oxygens (including phenoxy) is 3. The maximum atomic E-state index is 12.2. The lowest BCUT2D eigenvalue weighted by Gasteiger charge is -2.18. The second kappa shape index (κ2) is 21.0. The van der Waals surface area contributed by atoms with Gasteiger partial charge in [-0.3, -0.25) is 4.79 Å². The number of unbranched alkanes of at least 4 members (excludes halogenated alkanes) is 9. The molecule has 0 aromatic carbocycles. The zero-order valence-electron chi connectivity index (χ0n) is 22.5. The summed E-state index contributed by atoms with van der Waals surface area (Å²) >= 11 is 0. The molecule has 0 saturated carbocycles. The quantitative estimate of drug-likeness (QED) is 0.125. The van der Waals surface area contributed by atoms with Crippen LogP contribution in [0.5, 0.6) is 0 Å². The fourth-order valence-corrected chi connectivity index (χ4v) is 4.54. The van der Waals surface area contributed by atoms with Gasteiger partial charge in [0, 0.05) is 13.0 Å². The number of hydrogen-bond acceptors (Lipinski definition) is 6. The summed E-state index contributed by atoms with van der Waals surface area (Å²) in [5.41, 5.74) is 0. The number of rotatable bonds is 21. The fraction of sp³-hybridized carbons (Fsp3) is 0.929. The van der Waals surface area contributed by atoms with Crippen molar-refractivity contribution < 1.29 is 23.8 Å². The summed E-state index contributed by atoms with van der Waals surface area (Å²) in [4.78, 5) is 26.5. The monoisotopic (exact) mass is 483 g/mol. The predicted octanol–water partition coefficient (Wildman–Crippen LogP) is 7.43. The third kappa shape index (κ3) is 18.1. The Morgan fingerprint density at radius 1 is 0.765 bits per heavy atom. The van der Waals surface area contributed by atoms with E-state index in [-0.39, 0.29) is 18.2 Å². The molecule has 6 nitrogen and oxygen atoms in total. The second-order valence-corrected chi connectivity index (χ2v) is 10.1. The molecule has 200 valence electrons. The van der Waals surface area contributed by atoms with Gasteiger partial charge in [0.1, 0.15) is 6.10 Å². The van der Waals surface area contributed by atoms with E-state index < -0.39 is 6.16 Å². The Balaban J connectivity index is 2.22. The molecule has 1 aliphatic rings. The zero-order chi connectivity index (χ0) is 24.9. The molecular formula is C28H53NO5. The highest BCUT2D eigenvalue weighted by Gasteiger charge is 2.17. The molecule has 1 heterocycles. The minimum atomic E-state index is -0.566. The predicted molar refractivity (Wildman–Crippen MR) is 138 cm³/mol. The van der Waals surface area contributed by atoms with Gasteiger partial charge in [0.2, 0.25) is 0 Å². The minimum absolute atomic E-state index is 0.0956. The Kier molecular flexibility index (Phi) is 19.0. The molecule has 0 amide bonds. The van der Waals surface area contributed by atoms with E-state index in [2.05, 4.69) is 11.8 Å². The highest BCUT2D eigenvalue weighted by atomic mass is 16.7. The molecule has 1 unspecified atom stereocenters. The first-order chi connectivity index (χ1) is 16.5. The Morgan fingerprint density at radius 3 is 1.97 bits per heavy atom. The Bertz CT molecular complexity index is 505. The molecule has 0 spiro atoms. The van der Waals surface area contributed by atoms with E-state index in [0.717, 1.165) is 45.3 Å². The Morgan fingerprint density at radius 2 is 1.35 bits per heavy atom. The molecule has 1 fully saturated rings. The number of carbonyl (C=O) groups is 2. The van der Waals surface area contributed by atoms with Gasteiger partial charge >= 0.3 is 12.1 Å². The van der Waals surface area contributed by atoms with Crippen molar-refractivity contribution in [3.63, 3.8) is 0 Å². The van der Waals surface area contributed by atoms with Gasteiger partial charge in [-0.1, -0.05) is 64.7 Å². The summed E-state index contributed by atoms with van der Waals surface area (Å²) in [7, 11) is 0. The van der Waals surface area contributed by atoms with E-state index >= 15 is 0 Å². The highest BCUT2D eigenvalue weighted by Crippen LogP contribution is 2.17. The van der Waals surface area contributed by atoms with Crippen LogP contribution in [-0.4, -0.2) is 55.5 Å². The molecule has 0 bridgehead atoms. The second-order valence-electron chi connectivity index (χ2n) is 10.1. The lowest BCUT2D eigenvalue weighted by Crippen LogP contribution is -2.23. The van der Waals surface area contributed by atoms with E-state index in [1.807, 2.05) is 13.8 Å². The SMILES string of the molecule is CCCCCCCCCCCCC(CCCC(=O)OC(C)C)OC(=O)OCCCN1CCCC1. The maximum Gasteiger partial charge on any atom is 0.508 e. The van der Waals surface area contributed by atoms with Crippen LogP contribution in [0.1, 0.15) is 130 Å². The molecule has 1 aliphatic heterocycles. The lowest BCUT2D eigenvalue weighted by molar-refractivity contribution is -0.147. The molecule has 0 aromatic heterocycles. The van der Waals surface area contributed by atoms with Crippen LogP contribution in [0.25, 0.3) is 0 Å². The average molecular weight is 484 g/mol. The summed E-state index contributed by atoms with van der Waals surface area (Å²) in [6.07, 6.45) is 17.9. The number of hydrogen-bond donors (Lipinski definition) is 0. The van der Waals surface area contributed by atoms with Crippen LogP contribution in [-0.2, 0) is 19.0 Å². The zero-order valence-corrected chi connectivity index (χ0v) is 22.5. The van der Waals surface area contributed by atoms with Gasteiger partial charge in [-0.25, -0.2) is 4.79 Å². The van der Waals surface area contributed by atoms with Crippen molar-refractivity contribution in [2.45, 2.75) is 142 Å². The first-order valence-electron chi connectivity index (χ1n) is 14.3. The normalized spacial score (nSPS) is 14.9. The summed E-state index contributed by atoms with van der Waals surface area (Å²) < 4.78 is 16.2. The third-order valence-corrected chi connectivity index (χ3v) is 6.45. The van der Waals surface area contributed by atoms with Crippen LogP contribution in [0.4, 0.5) is 4.79 Å². The lowest BCUT2D eigenvalue weighted by atomic mass is 10.0. The Hall–Kier alpha value is -1.30. The van der Waals surface area contributed by atoms with E-state index in [4.69, 9.17) is 14.2 Å². The third-order valence-electron chi connectivity index (χ3n) is 6.45. The van der Waals surface area contributed by atoms with Gasteiger partial charge in [0.05, 0.1) is 12.7 Å². The van der Waals surface area contributed by atoms with Crippen molar-refractivity contribution in [1.82, 2.24) is 4.90 Å². The number of likely N-dealkylation sites (tertiary alicyclic amines) is 1. The molecule has 1 saturated heterocycles. The van der Waals surface area contributed by atoms with E-state index in [0.29, 0.717) is 25.9 Å². The molecular weight excluding hydrogens is 430 g/mol. The standard InChI is InChI=1S/C28H53NO5/c1-4-5-6-7-8-9-10-11-12-13-18-26(19-16-20-27(30)33-25(2)3)34-28(31)32-24-17-23-29-21-14-15-22-29/h25-26H,4-24H2,1-3H3. The fourth-order valence-electron chi connectivity index (χ4n) is 4.54. The van der Waals surface area contributed by atoms with Crippen molar-refractivity contribution >= 4 is 12.1 Å². The molecule has 0 aliphatic carbocycles. The summed E-state index contributed by atoms with van der Waals surface area (Å²) in [5.74, 6) is -0.183. The molecule has 6 heteroatoms. The topological polar surface area (TPSA) is 65.1 Å².